The van der Waals surface area contributed by atoms with Crippen molar-refractivity contribution in [2.75, 3.05) is 7.11 Å². The van der Waals surface area contributed by atoms with E-state index in [0.29, 0.717) is 24.6 Å². The molecule has 0 aliphatic carbocycles. The van der Waals surface area contributed by atoms with Crippen LogP contribution in [0.5, 0.6) is 0 Å². The van der Waals surface area contributed by atoms with Crippen LogP contribution in [0.1, 0.15) is 41.0 Å². The second-order valence-electron chi connectivity index (χ2n) is 7.76. The number of benzene rings is 2. The van der Waals surface area contributed by atoms with Crippen LogP contribution in [0.4, 0.5) is 0 Å². The number of halogens is 2. The van der Waals surface area contributed by atoms with E-state index in [4.69, 9.17) is 21.2 Å². The summed E-state index contributed by atoms with van der Waals surface area (Å²) in [4.78, 5) is 16.9. The molecule has 172 valence electrons. The molecule has 0 amide bonds. The zero-order valence-electron chi connectivity index (χ0n) is 18.6. The monoisotopic (exact) mass is 475 g/mol. The lowest BCUT2D eigenvalue weighted by Gasteiger charge is -2.17. The van der Waals surface area contributed by atoms with E-state index < -0.39 is 0 Å². The largest absolute Gasteiger partial charge is 0.465 e. The van der Waals surface area contributed by atoms with E-state index in [1.807, 2.05) is 30.3 Å². The lowest BCUT2D eigenvalue weighted by Crippen LogP contribution is -2.10. The van der Waals surface area contributed by atoms with Crippen molar-refractivity contribution in [1.29, 1.82) is 0 Å². The van der Waals surface area contributed by atoms with Crippen molar-refractivity contribution in [3.63, 3.8) is 0 Å². The van der Waals surface area contributed by atoms with Gasteiger partial charge in [-0.15, -0.1) is 24.8 Å². The molecule has 2 aromatic carbocycles. The molecule has 0 saturated heterocycles. The molecule has 0 radical (unpaired) electrons. The van der Waals surface area contributed by atoms with Gasteiger partial charge in [0.15, 0.2) is 0 Å². The molecule has 0 spiro atoms. The summed E-state index contributed by atoms with van der Waals surface area (Å²) in [6.45, 7) is 5.25. The quantitative estimate of drug-likeness (QED) is 0.460. The summed E-state index contributed by atoms with van der Waals surface area (Å²) >= 11 is 0. The zero-order chi connectivity index (χ0) is 21.7. The molecule has 0 bridgehead atoms. The number of hydrogen-bond donors (Lipinski definition) is 2. The highest BCUT2D eigenvalue weighted by molar-refractivity contribution is 5.91. The lowest BCUT2D eigenvalue weighted by molar-refractivity contribution is 0.0601. The van der Waals surface area contributed by atoms with Gasteiger partial charge < -0.3 is 16.2 Å². The number of carbonyl (C=O) groups excluding carboxylic acids is 1. The van der Waals surface area contributed by atoms with E-state index in [-0.39, 0.29) is 30.8 Å². The first kappa shape index (κ1) is 27.6. The number of rotatable bonds is 7. The highest BCUT2D eigenvalue weighted by Gasteiger charge is 2.16. The van der Waals surface area contributed by atoms with Gasteiger partial charge in [-0.3, -0.25) is 4.98 Å². The van der Waals surface area contributed by atoms with E-state index in [1.54, 1.807) is 6.07 Å². The van der Waals surface area contributed by atoms with Gasteiger partial charge in [0.2, 0.25) is 0 Å². The lowest BCUT2D eigenvalue weighted by atomic mass is 9.92. The molecule has 5 nitrogen and oxygen atoms in total. The standard InChI is InChI=1S/C25H29N3O2.2ClH/c1-16(2)11-24-22(15-27)21(18-9-7-17(14-26)8-10-18)13-23(28-24)19-5-4-6-20(12-19)25(29)30-3;;/h4-10,12-13,16H,11,14-15,26-27H2,1-3H3;2*1H. The number of carbonyl (C=O) groups is 1. The third-order valence-corrected chi connectivity index (χ3v) is 5.10. The minimum atomic E-state index is -0.365. The maximum absolute atomic E-state index is 12.0. The van der Waals surface area contributed by atoms with Crippen molar-refractivity contribution < 1.29 is 9.53 Å². The van der Waals surface area contributed by atoms with Gasteiger partial charge in [-0.05, 0) is 52.8 Å². The molecule has 0 saturated carbocycles. The predicted octanol–water partition coefficient (Wildman–Crippen LogP) is 5.16. The van der Waals surface area contributed by atoms with Crippen LogP contribution in [0.25, 0.3) is 22.4 Å². The number of esters is 1. The summed E-state index contributed by atoms with van der Waals surface area (Å²) in [6.07, 6.45) is 0.824. The number of aromatic nitrogens is 1. The fraction of sp³-hybridized carbons (Fsp3) is 0.280. The Morgan fingerprint density at radius 2 is 1.66 bits per heavy atom. The van der Waals surface area contributed by atoms with Crippen LogP contribution in [0, 0.1) is 5.92 Å². The number of nitrogens with zero attached hydrogens (tertiary/aromatic N) is 1. The Balaban J connectivity index is 0.00000256. The average molecular weight is 476 g/mol. The topological polar surface area (TPSA) is 91.2 Å². The number of methoxy groups -OCH3 is 1. The van der Waals surface area contributed by atoms with Gasteiger partial charge in [0.25, 0.3) is 0 Å². The van der Waals surface area contributed by atoms with Crippen LogP contribution >= 0.6 is 24.8 Å². The Kier molecular flexibility index (Phi) is 10.8. The molecule has 32 heavy (non-hydrogen) atoms. The Morgan fingerprint density at radius 1 is 0.969 bits per heavy atom. The SMILES string of the molecule is COC(=O)c1cccc(-c2cc(-c3ccc(CN)cc3)c(CN)c(CC(C)C)n2)c1.Cl.Cl. The van der Waals surface area contributed by atoms with Gasteiger partial charge in [0.05, 0.1) is 18.4 Å². The van der Waals surface area contributed by atoms with Crippen LogP contribution in [0.15, 0.2) is 54.6 Å². The number of nitrogens with two attached hydrogens (primary N) is 2. The summed E-state index contributed by atoms with van der Waals surface area (Å²) in [5.41, 5.74) is 19.4. The molecule has 1 heterocycles. The molecule has 0 unspecified atom stereocenters. The summed E-state index contributed by atoms with van der Waals surface area (Å²) in [5, 5.41) is 0. The molecular weight excluding hydrogens is 445 g/mol. The number of hydrogen-bond acceptors (Lipinski definition) is 5. The van der Waals surface area contributed by atoms with Crippen molar-refractivity contribution in [1.82, 2.24) is 4.98 Å². The molecule has 0 aliphatic heterocycles. The Labute approximate surface area is 202 Å². The fourth-order valence-corrected chi connectivity index (χ4v) is 3.56. The predicted molar refractivity (Wildman–Crippen MR) is 135 cm³/mol. The van der Waals surface area contributed by atoms with Crippen molar-refractivity contribution in [3.8, 4) is 22.4 Å². The molecule has 1 aromatic heterocycles. The van der Waals surface area contributed by atoms with E-state index in [2.05, 4.69) is 32.0 Å². The third kappa shape index (κ3) is 6.30. The molecule has 7 heteroatoms. The van der Waals surface area contributed by atoms with Gasteiger partial charge in [-0.1, -0.05) is 50.2 Å². The van der Waals surface area contributed by atoms with Crippen LogP contribution in [-0.4, -0.2) is 18.1 Å². The molecule has 4 N–H and O–H groups in total. The van der Waals surface area contributed by atoms with E-state index in [0.717, 1.165) is 45.6 Å². The Bertz CT molecular complexity index is 1040. The Morgan fingerprint density at radius 3 is 2.22 bits per heavy atom. The minimum absolute atomic E-state index is 0. The highest BCUT2D eigenvalue weighted by Crippen LogP contribution is 2.32. The first-order valence-electron chi connectivity index (χ1n) is 10.2. The molecular formula is C25H31Cl2N3O2. The van der Waals surface area contributed by atoms with Gasteiger partial charge in [-0.25, -0.2) is 4.79 Å². The molecule has 0 fully saturated rings. The van der Waals surface area contributed by atoms with Gasteiger partial charge >= 0.3 is 5.97 Å². The molecule has 3 rings (SSSR count). The van der Waals surface area contributed by atoms with Crippen molar-refractivity contribution in [3.05, 3.63) is 77.0 Å². The van der Waals surface area contributed by atoms with Crippen LogP contribution < -0.4 is 11.5 Å². The summed E-state index contributed by atoms with van der Waals surface area (Å²) in [5.74, 6) is 0.0716. The highest BCUT2D eigenvalue weighted by atomic mass is 35.5. The van der Waals surface area contributed by atoms with Gasteiger partial charge in [0.1, 0.15) is 0 Å². The fourth-order valence-electron chi connectivity index (χ4n) is 3.56. The smallest absolute Gasteiger partial charge is 0.337 e. The summed E-state index contributed by atoms with van der Waals surface area (Å²) in [7, 11) is 1.38. The van der Waals surface area contributed by atoms with Crippen LogP contribution in [-0.2, 0) is 24.2 Å². The molecule has 3 aromatic rings. The summed E-state index contributed by atoms with van der Waals surface area (Å²) < 4.78 is 4.87. The van der Waals surface area contributed by atoms with Gasteiger partial charge in [-0.2, -0.15) is 0 Å². The van der Waals surface area contributed by atoms with E-state index in [9.17, 15) is 4.79 Å². The maximum Gasteiger partial charge on any atom is 0.337 e. The zero-order valence-corrected chi connectivity index (χ0v) is 20.3. The summed E-state index contributed by atoms with van der Waals surface area (Å²) in [6, 6.07) is 17.6. The first-order chi connectivity index (χ1) is 14.5. The second-order valence-corrected chi connectivity index (χ2v) is 7.76. The maximum atomic E-state index is 12.0. The van der Waals surface area contributed by atoms with Crippen molar-refractivity contribution in [2.24, 2.45) is 17.4 Å². The van der Waals surface area contributed by atoms with Crippen LogP contribution in [0.3, 0.4) is 0 Å². The normalized spacial score (nSPS) is 10.3. The minimum Gasteiger partial charge on any atom is -0.465 e. The number of pyridine rings is 1. The van der Waals surface area contributed by atoms with Crippen LogP contribution in [0.2, 0.25) is 0 Å². The molecule has 0 aliphatic rings. The molecule has 0 atom stereocenters. The average Bonchev–Trinajstić information content (AvgIpc) is 2.77. The second kappa shape index (κ2) is 12.6. The third-order valence-electron chi connectivity index (χ3n) is 5.10. The van der Waals surface area contributed by atoms with Crippen molar-refractivity contribution in [2.45, 2.75) is 33.4 Å². The van der Waals surface area contributed by atoms with E-state index in [1.165, 1.54) is 7.11 Å². The van der Waals surface area contributed by atoms with E-state index >= 15 is 0 Å². The first-order valence-corrected chi connectivity index (χ1v) is 10.2. The Hall–Kier alpha value is -2.44. The number of ether oxygens (including phenoxy) is 1. The van der Waals surface area contributed by atoms with Gasteiger partial charge in [0, 0.05) is 24.3 Å². The van der Waals surface area contributed by atoms with Crippen molar-refractivity contribution >= 4 is 30.8 Å².